The van der Waals surface area contributed by atoms with Crippen molar-refractivity contribution in [1.29, 1.82) is 0 Å². The molecule has 0 spiro atoms. The minimum Gasteiger partial charge on any atom is -0.311 e. The third-order valence-electron chi connectivity index (χ3n) is 3.28. The number of hydrogen-bond donors (Lipinski definition) is 1. The van der Waals surface area contributed by atoms with Crippen molar-refractivity contribution in [3.8, 4) is 0 Å². The molecule has 0 bridgehead atoms. The van der Waals surface area contributed by atoms with Crippen LogP contribution in [0.2, 0.25) is 0 Å². The van der Waals surface area contributed by atoms with Gasteiger partial charge in [-0.25, -0.2) is 0 Å². The zero-order valence-electron chi connectivity index (χ0n) is 12.7. The quantitative estimate of drug-likeness (QED) is 0.810. The number of hydrogen-bond acceptors (Lipinski definition) is 1. The van der Waals surface area contributed by atoms with Crippen molar-refractivity contribution in [1.82, 2.24) is 5.32 Å². The number of rotatable bonds is 5. The van der Waals surface area contributed by atoms with E-state index in [-0.39, 0.29) is 0 Å². The number of benzene rings is 1. The van der Waals surface area contributed by atoms with Crippen LogP contribution in [-0.4, -0.2) is 12.6 Å². The molecular weight excluding hydrogens is 218 g/mol. The summed E-state index contributed by atoms with van der Waals surface area (Å²) in [7, 11) is 0. The molecule has 0 saturated carbocycles. The largest absolute Gasteiger partial charge is 0.311 e. The van der Waals surface area contributed by atoms with Gasteiger partial charge in [-0.05, 0) is 43.9 Å². The van der Waals surface area contributed by atoms with Gasteiger partial charge in [0.05, 0.1) is 0 Å². The third kappa shape index (κ3) is 4.30. The summed E-state index contributed by atoms with van der Waals surface area (Å²) < 4.78 is 0. The summed E-state index contributed by atoms with van der Waals surface area (Å²) in [5, 5.41) is 3.50. The Morgan fingerprint density at radius 2 is 1.72 bits per heavy atom. The highest BCUT2D eigenvalue weighted by atomic mass is 14.9. The smallest absolute Gasteiger partial charge is 0.0170 e. The van der Waals surface area contributed by atoms with E-state index in [1.165, 1.54) is 27.8 Å². The molecule has 0 saturated heterocycles. The first kappa shape index (κ1) is 15.0. The fraction of sp³-hybridized carbons (Fsp3) is 0.529. The summed E-state index contributed by atoms with van der Waals surface area (Å²) in [6.45, 7) is 14.2. The van der Waals surface area contributed by atoms with Gasteiger partial charge in [-0.3, -0.25) is 0 Å². The van der Waals surface area contributed by atoms with Crippen LogP contribution < -0.4 is 5.32 Å². The molecule has 18 heavy (non-hydrogen) atoms. The summed E-state index contributed by atoms with van der Waals surface area (Å²) in [6, 6.07) is 5.07. The predicted octanol–water partition coefficient (Wildman–Crippen LogP) is 4.40. The molecular formula is C17H27N. The first-order chi connectivity index (χ1) is 8.43. The second-order valence-corrected chi connectivity index (χ2v) is 5.50. The molecule has 1 aromatic carbocycles. The molecule has 1 rings (SSSR count). The molecule has 0 radical (unpaired) electrons. The Balaban J connectivity index is 2.98. The van der Waals surface area contributed by atoms with Crippen molar-refractivity contribution in [3.63, 3.8) is 0 Å². The van der Waals surface area contributed by atoms with Gasteiger partial charge in [0, 0.05) is 12.6 Å². The molecule has 0 aliphatic rings. The molecule has 1 nitrogen and oxygen atoms in total. The fourth-order valence-corrected chi connectivity index (χ4v) is 2.24. The maximum atomic E-state index is 3.50. The molecule has 100 valence electrons. The minimum atomic E-state index is 0.542. The van der Waals surface area contributed by atoms with Crippen LogP contribution in [0.5, 0.6) is 0 Å². The van der Waals surface area contributed by atoms with Gasteiger partial charge in [0.15, 0.2) is 0 Å². The average molecular weight is 245 g/mol. The summed E-state index contributed by atoms with van der Waals surface area (Å²) in [5.41, 5.74) is 6.97. The van der Waals surface area contributed by atoms with E-state index >= 15 is 0 Å². The van der Waals surface area contributed by atoms with Crippen molar-refractivity contribution in [2.75, 3.05) is 6.54 Å². The van der Waals surface area contributed by atoms with Crippen LogP contribution in [0.15, 0.2) is 17.7 Å². The lowest BCUT2D eigenvalue weighted by Crippen LogP contribution is -2.24. The van der Waals surface area contributed by atoms with Gasteiger partial charge >= 0.3 is 0 Å². The van der Waals surface area contributed by atoms with Crippen molar-refractivity contribution in [2.45, 2.75) is 54.0 Å². The molecule has 1 heteroatoms. The summed E-state index contributed by atoms with van der Waals surface area (Å²) in [5.74, 6) is 0. The van der Waals surface area contributed by atoms with Gasteiger partial charge in [0.2, 0.25) is 0 Å². The first-order valence-corrected chi connectivity index (χ1v) is 6.94. The Morgan fingerprint density at radius 3 is 2.17 bits per heavy atom. The minimum absolute atomic E-state index is 0.542. The maximum absolute atomic E-state index is 3.50. The topological polar surface area (TPSA) is 12.0 Å². The van der Waals surface area contributed by atoms with E-state index in [1.807, 2.05) is 0 Å². The van der Waals surface area contributed by atoms with Crippen LogP contribution in [0.1, 0.15) is 49.4 Å². The predicted molar refractivity (Wildman–Crippen MR) is 82.1 cm³/mol. The highest BCUT2D eigenvalue weighted by Crippen LogP contribution is 2.20. The Hall–Kier alpha value is -1.08. The molecule has 0 fully saturated rings. The van der Waals surface area contributed by atoms with E-state index in [4.69, 9.17) is 0 Å². The van der Waals surface area contributed by atoms with E-state index in [0.717, 1.165) is 13.0 Å². The average Bonchev–Trinajstić information content (AvgIpc) is 2.26. The van der Waals surface area contributed by atoms with Gasteiger partial charge in [-0.1, -0.05) is 50.1 Å². The molecule has 0 unspecified atom stereocenters. The van der Waals surface area contributed by atoms with E-state index in [2.05, 4.69) is 65.1 Å². The second-order valence-electron chi connectivity index (χ2n) is 5.50. The fourth-order valence-electron chi connectivity index (χ4n) is 2.24. The first-order valence-electron chi connectivity index (χ1n) is 6.94. The highest BCUT2D eigenvalue weighted by molar-refractivity contribution is 5.61. The zero-order valence-corrected chi connectivity index (χ0v) is 12.7. The van der Waals surface area contributed by atoms with Crippen molar-refractivity contribution in [3.05, 3.63) is 40.0 Å². The Bertz CT molecular complexity index is 404. The van der Waals surface area contributed by atoms with Crippen molar-refractivity contribution < 1.29 is 0 Å². The van der Waals surface area contributed by atoms with Gasteiger partial charge in [-0.15, -0.1) is 0 Å². The number of nitrogens with one attached hydrogen (secondary N) is 1. The third-order valence-corrected chi connectivity index (χ3v) is 3.28. The van der Waals surface area contributed by atoms with Crippen LogP contribution in [-0.2, 0) is 0 Å². The monoisotopic (exact) mass is 245 g/mol. The van der Waals surface area contributed by atoms with Gasteiger partial charge in [-0.2, -0.15) is 0 Å². The highest BCUT2D eigenvalue weighted by Gasteiger charge is 2.03. The standard InChI is InChI=1S/C17H27N/c1-7-16(11-18-12(2)3)10-17-14(5)8-13(4)9-15(17)6/h8-10,12,18H,7,11H2,1-6H3. The Morgan fingerprint density at radius 1 is 1.17 bits per heavy atom. The number of aryl methyl sites for hydroxylation is 3. The van der Waals surface area contributed by atoms with Crippen LogP contribution >= 0.6 is 0 Å². The SMILES string of the molecule is CCC(=Cc1c(C)cc(C)cc1C)CNC(C)C. The molecule has 0 aliphatic carbocycles. The Kier molecular flexibility index (Phi) is 5.61. The molecule has 1 N–H and O–H groups in total. The lowest BCUT2D eigenvalue weighted by Gasteiger charge is -2.13. The zero-order chi connectivity index (χ0) is 13.7. The molecule has 1 aromatic rings. The van der Waals surface area contributed by atoms with Crippen molar-refractivity contribution in [2.24, 2.45) is 0 Å². The van der Waals surface area contributed by atoms with E-state index < -0.39 is 0 Å². The van der Waals surface area contributed by atoms with Crippen LogP contribution in [0, 0.1) is 20.8 Å². The molecule has 0 aromatic heterocycles. The molecule has 0 aliphatic heterocycles. The molecule has 0 amide bonds. The summed E-state index contributed by atoms with van der Waals surface area (Å²) >= 11 is 0. The van der Waals surface area contributed by atoms with Gasteiger partial charge in [0.25, 0.3) is 0 Å². The summed E-state index contributed by atoms with van der Waals surface area (Å²) in [6.07, 6.45) is 3.46. The normalized spacial score (nSPS) is 12.3. The van der Waals surface area contributed by atoms with Gasteiger partial charge < -0.3 is 5.32 Å². The van der Waals surface area contributed by atoms with E-state index in [1.54, 1.807) is 0 Å². The molecule has 0 atom stereocenters. The van der Waals surface area contributed by atoms with Crippen molar-refractivity contribution >= 4 is 6.08 Å². The Labute approximate surface area is 112 Å². The van der Waals surface area contributed by atoms with Crippen LogP contribution in [0.3, 0.4) is 0 Å². The summed E-state index contributed by atoms with van der Waals surface area (Å²) in [4.78, 5) is 0. The second kappa shape index (κ2) is 6.75. The lowest BCUT2D eigenvalue weighted by atomic mass is 9.97. The van der Waals surface area contributed by atoms with Crippen LogP contribution in [0.25, 0.3) is 6.08 Å². The van der Waals surface area contributed by atoms with E-state index in [9.17, 15) is 0 Å². The van der Waals surface area contributed by atoms with Gasteiger partial charge in [0.1, 0.15) is 0 Å². The lowest BCUT2D eigenvalue weighted by molar-refractivity contribution is 0.617. The van der Waals surface area contributed by atoms with E-state index in [0.29, 0.717) is 6.04 Å². The maximum Gasteiger partial charge on any atom is 0.0170 e. The van der Waals surface area contributed by atoms with Crippen LogP contribution in [0.4, 0.5) is 0 Å². The molecule has 0 heterocycles.